The van der Waals surface area contributed by atoms with Crippen molar-refractivity contribution in [2.75, 3.05) is 19.6 Å². The number of ether oxygens (including phenoxy) is 1. The van der Waals surface area contributed by atoms with Crippen molar-refractivity contribution >= 4 is 47.4 Å². The molecule has 9 heteroatoms. The van der Waals surface area contributed by atoms with E-state index in [1.807, 2.05) is 33.9 Å². The molecule has 28 heavy (non-hydrogen) atoms. The highest BCUT2D eigenvalue weighted by atomic mass is 127. The monoisotopic (exact) mass is 525 g/mol. The third kappa shape index (κ3) is 12.4. The molecule has 0 spiro atoms. The fraction of sp³-hybridized carbons (Fsp3) is 0.737. The molecule has 0 aliphatic carbocycles. The number of carbonyl (C=O) groups excluding carboxylic acids is 1. The number of carbonyl (C=O) groups is 1. The zero-order valence-electron chi connectivity index (χ0n) is 17.9. The van der Waals surface area contributed by atoms with Crippen LogP contribution in [0.25, 0.3) is 0 Å². The fourth-order valence-electron chi connectivity index (χ4n) is 2.38. The predicted molar refractivity (Wildman–Crippen MR) is 128 cm³/mol. The molecular formula is C19H36IN5O2S. The van der Waals surface area contributed by atoms with Crippen LogP contribution in [0.4, 0.5) is 4.79 Å². The van der Waals surface area contributed by atoms with Gasteiger partial charge in [-0.3, -0.25) is 4.99 Å². The van der Waals surface area contributed by atoms with Crippen molar-refractivity contribution in [2.24, 2.45) is 4.99 Å². The zero-order valence-corrected chi connectivity index (χ0v) is 21.1. The summed E-state index contributed by atoms with van der Waals surface area (Å²) in [6.45, 7) is 13.8. The van der Waals surface area contributed by atoms with E-state index in [0.717, 1.165) is 43.3 Å². The summed E-state index contributed by atoms with van der Waals surface area (Å²) >= 11 is 1.72. The maximum absolute atomic E-state index is 12.0. The minimum Gasteiger partial charge on any atom is -0.444 e. The van der Waals surface area contributed by atoms with Gasteiger partial charge >= 0.3 is 6.09 Å². The van der Waals surface area contributed by atoms with E-state index in [1.165, 1.54) is 4.88 Å². The number of nitrogens with zero attached hydrogens (tertiary/aromatic N) is 2. The Kier molecular flexibility index (Phi) is 13.4. The summed E-state index contributed by atoms with van der Waals surface area (Å²) in [5.74, 6) is 0.748. The molecule has 0 aliphatic rings. The summed E-state index contributed by atoms with van der Waals surface area (Å²) < 4.78 is 5.35. The van der Waals surface area contributed by atoms with Gasteiger partial charge < -0.3 is 20.7 Å². The number of halogens is 1. The van der Waals surface area contributed by atoms with Gasteiger partial charge in [-0.2, -0.15) is 0 Å². The highest BCUT2D eigenvalue weighted by Gasteiger charge is 2.19. The van der Waals surface area contributed by atoms with Crippen molar-refractivity contribution in [3.8, 4) is 0 Å². The second-order valence-corrected chi connectivity index (χ2v) is 8.71. The lowest BCUT2D eigenvalue weighted by Crippen LogP contribution is -2.43. The third-order valence-electron chi connectivity index (χ3n) is 3.47. The van der Waals surface area contributed by atoms with Crippen molar-refractivity contribution < 1.29 is 9.53 Å². The average molecular weight is 526 g/mol. The van der Waals surface area contributed by atoms with E-state index >= 15 is 0 Å². The van der Waals surface area contributed by atoms with Crippen molar-refractivity contribution in [1.29, 1.82) is 0 Å². The summed E-state index contributed by atoms with van der Waals surface area (Å²) in [4.78, 5) is 22.3. The topological polar surface area (TPSA) is 87.6 Å². The van der Waals surface area contributed by atoms with E-state index in [1.54, 1.807) is 11.3 Å². The van der Waals surface area contributed by atoms with E-state index < -0.39 is 11.7 Å². The second-order valence-electron chi connectivity index (χ2n) is 7.39. The molecule has 3 N–H and O–H groups in total. The van der Waals surface area contributed by atoms with Crippen LogP contribution in [0.2, 0.25) is 0 Å². The first-order valence-electron chi connectivity index (χ1n) is 9.66. The molecule has 0 fully saturated rings. The third-order valence-corrected chi connectivity index (χ3v) is 4.45. The number of hydrogen-bond acceptors (Lipinski definition) is 5. The van der Waals surface area contributed by atoms with Gasteiger partial charge in [0.2, 0.25) is 0 Å². The largest absolute Gasteiger partial charge is 0.444 e. The molecule has 0 saturated heterocycles. The Morgan fingerprint density at radius 2 is 2.04 bits per heavy atom. The van der Waals surface area contributed by atoms with Gasteiger partial charge in [-0.1, -0.05) is 13.3 Å². The number of aromatic nitrogens is 1. The Labute approximate surface area is 190 Å². The van der Waals surface area contributed by atoms with Crippen molar-refractivity contribution in [3.63, 3.8) is 0 Å². The lowest BCUT2D eigenvalue weighted by molar-refractivity contribution is 0.0503. The van der Waals surface area contributed by atoms with E-state index in [0.29, 0.717) is 6.54 Å². The average Bonchev–Trinajstić information content (AvgIpc) is 2.96. The highest BCUT2D eigenvalue weighted by Crippen LogP contribution is 2.11. The molecule has 7 nitrogen and oxygen atoms in total. The van der Waals surface area contributed by atoms with Gasteiger partial charge in [-0.05, 0) is 41.0 Å². The molecule has 1 atom stereocenters. The highest BCUT2D eigenvalue weighted by molar-refractivity contribution is 14.0. The number of nitrogens with one attached hydrogen (secondary N) is 3. The number of amides is 1. The van der Waals surface area contributed by atoms with Gasteiger partial charge in [-0.15, -0.1) is 35.3 Å². The number of hydrogen-bond donors (Lipinski definition) is 3. The summed E-state index contributed by atoms with van der Waals surface area (Å²) in [7, 11) is 0. The van der Waals surface area contributed by atoms with Crippen LogP contribution in [0.5, 0.6) is 0 Å². The molecule has 0 saturated carbocycles. The number of alkyl carbamates (subject to hydrolysis) is 1. The number of thiazole rings is 1. The van der Waals surface area contributed by atoms with Gasteiger partial charge in [0.05, 0.1) is 17.6 Å². The van der Waals surface area contributed by atoms with Crippen LogP contribution in [-0.4, -0.2) is 48.3 Å². The minimum atomic E-state index is -0.505. The maximum atomic E-state index is 12.0. The van der Waals surface area contributed by atoms with Gasteiger partial charge in [-0.25, -0.2) is 9.78 Å². The second kappa shape index (κ2) is 14.0. The van der Waals surface area contributed by atoms with Crippen LogP contribution in [-0.2, 0) is 11.2 Å². The van der Waals surface area contributed by atoms with E-state index in [9.17, 15) is 4.79 Å². The Balaban J connectivity index is 0.00000729. The maximum Gasteiger partial charge on any atom is 0.407 e. The first kappa shape index (κ1) is 26.9. The predicted octanol–water partition coefficient (Wildman–Crippen LogP) is 3.86. The zero-order chi connectivity index (χ0) is 20.3. The molecule has 0 aliphatic heterocycles. The van der Waals surface area contributed by atoms with Crippen LogP contribution < -0.4 is 16.0 Å². The summed E-state index contributed by atoms with van der Waals surface area (Å²) in [6.07, 6.45) is 4.17. The summed E-state index contributed by atoms with van der Waals surface area (Å²) in [5.41, 5.74) is -0.505. The SMILES string of the molecule is CCCC(CN=C(NCC)NCCc1ncc(C)s1)NC(=O)OC(C)(C)C.I. The Hall–Kier alpha value is -1.10. The molecule has 1 heterocycles. The molecule has 162 valence electrons. The van der Waals surface area contributed by atoms with Crippen molar-refractivity contribution in [1.82, 2.24) is 20.9 Å². The van der Waals surface area contributed by atoms with Crippen molar-refractivity contribution in [3.05, 3.63) is 16.1 Å². The van der Waals surface area contributed by atoms with E-state index in [2.05, 4.69) is 39.8 Å². The Bertz CT molecular complexity index is 601. The molecule has 1 amide bonds. The molecule has 1 aromatic heterocycles. The molecule has 1 rings (SSSR count). The molecule has 0 radical (unpaired) electrons. The number of rotatable bonds is 9. The smallest absolute Gasteiger partial charge is 0.407 e. The van der Waals surface area contributed by atoms with Crippen LogP contribution in [0.1, 0.15) is 57.3 Å². The number of aryl methyl sites for hydroxylation is 1. The first-order chi connectivity index (χ1) is 12.7. The van der Waals surface area contributed by atoms with Crippen LogP contribution >= 0.6 is 35.3 Å². The fourth-order valence-corrected chi connectivity index (χ4v) is 3.17. The normalized spacial score (nSPS) is 12.7. The van der Waals surface area contributed by atoms with E-state index in [4.69, 9.17) is 4.74 Å². The van der Waals surface area contributed by atoms with Crippen LogP contribution in [0.3, 0.4) is 0 Å². The number of aliphatic imine (C=N–C) groups is 1. The summed E-state index contributed by atoms with van der Waals surface area (Å²) in [5, 5.41) is 10.6. The van der Waals surface area contributed by atoms with Crippen LogP contribution in [0, 0.1) is 6.92 Å². The lowest BCUT2D eigenvalue weighted by atomic mass is 10.1. The molecule has 1 unspecified atom stereocenters. The Morgan fingerprint density at radius 3 is 2.57 bits per heavy atom. The first-order valence-corrected chi connectivity index (χ1v) is 10.5. The van der Waals surface area contributed by atoms with Gasteiger partial charge in [0.25, 0.3) is 0 Å². The summed E-state index contributed by atoms with van der Waals surface area (Å²) in [6, 6.07) is -0.0538. The molecule has 0 aromatic carbocycles. The molecule has 0 bridgehead atoms. The standard InChI is InChI=1S/C19H35N5O2S.HI/c1-7-9-15(24-18(25)26-19(4,5)6)13-23-17(20-8-2)21-11-10-16-22-12-14(3)27-16;/h12,15H,7-11,13H2,1-6H3,(H,24,25)(H2,20,21,23);1H. The van der Waals surface area contributed by atoms with E-state index in [-0.39, 0.29) is 30.0 Å². The molecular weight excluding hydrogens is 489 g/mol. The van der Waals surface area contributed by atoms with Gasteiger partial charge in [0.15, 0.2) is 5.96 Å². The van der Waals surface area contributed by atoms with Crippen LogP contribution in [0.15, 0.2) is 11.2 Å². The van der Waals surface area contributed by atoms with Crippen molar-refractivity contribution in [2.45, 2.75) is 72.4 Å². The quantitative estimate of drug-likeness (QED) is 0.259. The van der Waals surface area contributed by atoms with Gasteiger partial charge in [0.1, 0.15) is 5.60 Å². The molecule has 1 aromatic rings. The Morgan fingerprint density at radius 1 is 1.32 bits per heavy atom. The minimum absolute atomic E-state index is 0. The number of guanidine groups is 1. The lowest BCUT2D eigenvalue weighted by Gasteiger charge is -2.23. The van der Waals surface area contributed by atoms with Gasteiger partial charge in [0, 0.05) is 30.6 Å².